The summed E-state index contributed by atoms with van der Waals surface area (Å²) in [5, 5.41) is 2.69. The van der Waals surface area contributed by atoms with Crippen LogP contribution in [0.25, 0.3) is 0 Å². The Morgan fingerprint density at radius 2 is 1.69 bits per heavy atom. The number of likely N-dealkylation sites (tertiary alicyclic amines) is 1. The Morgan fingerprint density at radius 3 is 2.24 bits per heavy atom. The van der Waals surface area contributed by atoms with Gasteiger partial charge in [0.1, 0.15) is 12.3 Å². The van der Waals surface area contributed by atoms with Crippen LogP contribution in [0.4, 0.5) is 0 Å². The Kier molecular flexibility index (Phi) is 6.51. The average molecular weight is 402 g/mol. The third-order valence-electron chi connectivity index (χ3n) is 5.52. The van der Waals surface area contributed by atoms with E-state index in [1.54, 1.807) is 19.2 Å². The molecule has 1 aromatic carbocycles. The molecule has 1 aliphatic heterocycles. The van der Waals surface area contributed by atoms with Gasteiger partial charge in [0, 0.05) is 6.54 Å². The third-order valence-corrected chi connectivity index (χ3v) is 5.52. The first-order valence-corrected chi connectivity index (χ1v) is 9.86. The Bertz CT molecular complexity index is 767. The fourth-order valence-electron chi connectivity index (χ4n) is 3.88. The molecule has 0 aromatic heterocycles. The van der Waals surface area contributed by atoms with Gasteiger partial charge in [-0.2, -0.15) is 0 Å². The molecule has 8 nitrogen and oxygen atoms in total. The number of carbonyl (C=O) groups is 4. The quantitative estimate of drug-likeness (QED) is 0.547. The first kappa shape index (κ1) is 20.8. The van der Waals surface area contributed by atoms with Gasteiger partial charge >= 0.3 is 5.97 Å². The molecule has 1 N–H and O–H groups in total. The summed E-state index contributed by atoms with van der Waals surface area (Å²) in [5.41, 5.74) is 0.869. The van der Waals surface area contributed by atoms with Gasteiger partial charge < -0.3 is 14.8 Å². The molecule has 2 aliphatic rings. The maximum absolute atomic E-state index is 12.4. The van der Waals surface area contributed by atoms with E-state index in [0.717, 1.165) is 23.3 Å². The smallest absolute Gasteiger partial charge is 0.326 e. The molecular weight excluding hydrogens is 376 g/mol. The van der Waals surface area contributed by atoms with E-state index in [4.69, 9.17) is 9.47 Å². The number of rotatable bonds is 7. The van der Waals surface area contributed by atoms with Gasteiger partial charge in [-0.3, -0.25) is 24.1 Å². The van der Waals surface area contributed by atoms with E-state index in [1.165, 1.54) is 6.92 Å². The number of imide groups is 1. The van der Waals surface area contributed by atoms with Crippen LogP contribution in [-0.2, 0) is 30.5 Å². The number of amides is 3. The highest BCUT2D eigenvalue weighted by Crippen LogP contribution is 2.37. The van der Waals surface area contributed by atoms with Crippen molar-refractivity contribution in [2.75, 3.05) is 13.7 Å². The fourth-order valence-corrected chi connectivity index (χ4v) is 3.88. The molecule has 2 fully saturated rings. The molecule has 1 aliphatic carbocycles. The molecule has 156 valence electrons. The van der Waals surface area contributed by atoms with E-state index in [2.05, 4.69) is 5.32 Å². The summed E-state index contributed by atoms with van der Waals surface area (Å²) >= 11 is 0. The van der Waals surface area contributed by atoms with E-state index in [9.17, 15) is 19.2 Å². The summed E-state index contributed by atoms with van der Waals surface area (Å²) in [6.07, 6.45) is 2.18. The minimum atomic E-state index is -1.03. The Hall–Kier alpha value is -2.90. The van der Waals surface area contributed by atoms with Crippen LogP contribution in [0.1, 0.15) is 38.2 Å². The molecule has 0 bridgehead atoms. The van der Waals surface area contributed by atoms with Crippen LogP contribution in [0.5, 0.6) is 5.75 Å². The zero-order valence-corrected chi connectivity index (χ0v) is 16.7. The summed E-state index contributed by atoms with van der Waals surface area (Å²) in [6, 6.07) is 7.21. The SMILES string of the molecule is COc1ccc(CNC(=O)[C@H](C)OC(=O)CN2C(=O)[C@H]3CCCC[C@@H]3C2=O)cc1. The topological polar surface area (TPSA) is 102 Å². The molecule has 3 atom stereocenters. The second-order valence-electron chi connectivity index (χ2n) is 7.46. The van der Waals surface area contributed by atoms with Crippen LogP contribution < -0.4 is 10.1 Å². The lowest BCUT2D eigenvalue weighted by Gasteiger charge is -2.19. The van der Waals surface area contributed by atoms with Crippen LogP contribution in [0.3, 0.4) is 0 Å². The highest BCUT2D eigenvalue weighted by atomic mass is 16.5. The van der Waals surface area contributed by atoms with Crippen molar-refractivity contribution in [2.24, 2.45) is 11.8 Å². The molecule has 1 saturated carbocycles. The van der Waals surface area contributed by atoms with Crippen molar-refractivity contribution in [1.29, 1.82) is 0 Å². The van der Waals surface area contributed by atoms with Crippen molar-refractivity contribution < 1.29 is 28.7 Å². The Balaban J connectivity index is 1.47. The number of nitrogens with one attached hydrogen (secondary N) is 1. The van der Waals surface area contributed by atoms with E-state index >= 15 is 0 Å². The van der Waals surface area contributed by atoms with Gasteiger partial charge in [0.2, 0.25) is 11.8 Å². The zero-order chi connectivity index (χ0) is 21.0. The molecule has 0 spiro atoms. The van der Waals surface area contributed by atoms with Crippen molar-refractivity contribution in [3.63, 3.8) is 0 Å². The number of ether oxygens (including phenoxy) is 2. The second kappa shape index (κ2) is 9.07. The van der Waals surface area contributed by atoms with Gasteiger partial charge in [-0.05, 0) is 37.5 Å². The van der Waals surface area contributed by atoms with Gasteiger partial charge in [0.05, 0.1) is 18.9 Å². The maximum atomic E-state index is 12.4. The van der Waals surface area contributed by atoms with Crippen molar-refractivity contribution in [2.45, 2.75) is 45.3 Å². The molecular formula is C21H26N2O6. The summed E-state index contributed by atoms with van der Waals surface area (Å²) in [4.78, 5) is 50.2. The van der Waals surface area contributed by atoms with Crippen LogP contribution >= 0.6 is 0 Å². The molecule has 3 rings (SSSR count). The number of hydrogen-bond donors (Lipinski definition) is 1. The lowest BCUT2D eigenvalue weighted by Crippen LogP contribution is -2.40. The number of carbonyl (C=O) groups excluding carboxylic acids is 4. The standard InChI is InChI=1S/C21H26N2O6/c1-13(19(25)22-11-14-7-9-15(28-2)10-8-14)29-18(24)12-23-20(26)16-5-3-4-6-17(16)21(23)27/h7-10,13,16-17H,3-6,11-12H2,1-2H3,(H,22,25)/t13-,16-,17-/m0/s1. The lowest BCUT2D eigenvalue weighted by molar-refractivity contribution is -0.159. The van der Waals surface area contributed by atoms with E-state index in [0.29, 0.717) is 18.6 Å². The summed E-state index contributed by atoms with van der Waals surface area (Å²) in [5.74, 6) is -1.72. The Morgan fingerprint density at radius 1 is 1.10 bits per heavy atom. The summed E-state index contributed by atoms with van der Waals surface area (Å²) < 4.78 is 10.2. The number of nitrogens with zero attached hydrogens (tertiary/aromatic N) is 1. The van der Waals surface area contributed by atoms with Gasteiger partial charge in [-0.25, -0.2) is 0 Å². The highest BCUT2D eigenvalue weighted by molar-refractivity contribution is 6.07. The molecule has 0 radical (unpaired) electrons. The van der Waals surface area contributed by atoms with Gasteiger partial charge in [0.25, 0.3) is 5.91 Å². The molecule has 8 heteroatoms. The molecule has 1 aromatic rings. The molecule has 29 heavy (non-hydrogen) atoms. The normalized spacial score (nSPS) is 22.1. The molecule has 1 heterocycles. The molecule has 0 unspecified atom stereocenters. The highest BCUT2D eigenvalue weighted by Gasteiger charge is 2.48. The van der Waals surface area contributed by atoms with Gasteiger partial charge in [-0.15, -0.1) is 0 Å². The van der Waals surface area contributed by atoms with Crippen LogP contribution in [0.2, 0.25) is 0 Å². The lowest BCUT2D eigenvalue weighted by atomic mass is 9.81. The number of benzene rings is 1. The van der Waals surface area contributed by atoms with Crippen molar-refractivity contribution in [3.05, 3.63) is 29.8 Å². The van der Waals surface area contributed by atoms with Gasteiger partial charge in [-0.1, -0.05) is 25.0 Å². The van der Waals surface area contributed by atoms with E-state index < -0.39 is 24.5 Å². The fraction of sp³-hybridized carbons (Fsp3) is 0.524. The number of esters is 1. The predicted molar refractivity (Wildman–Crippen MR) is 103 cm³/mol. The van der Waals surface area contributed by atoms with E-state index in [1.807, 2.05) is 12.1 Å². The molecule has 3 amide bonds. The summed E-state index contributed by atoms with van der Waals surface area (Å²) in [6.45, 7) is 1.28. The zero-order valence-electron chi connectivity index (χ0n) is 16.7. The number of fused-ring (bicyclic) bond motifs is 1. The average Bonchev–Trinajstić information content (AvgIpc) is 2.97. The largest absolute Gasteiger partial charge is 0.497 e. The van der Waals surface area contributed by atoms with Crippen LogP contribution in [-0.4, -0.2) is 48.3 Å². The first-order valence-electron chi connectivity index (χ1n) is 9.86. The molecule has 1 saturated heterocycles. The monoisotopic (exact) mass is 402 g/mol. The van der Waals surface area contributed by atoms with Crippen molar-refractivity contribution >= 4 is 23.7 Å². The van der Waals surface area contributed by atoms with Crippen molar-refractivity contribution in [1.82, 2.24) is 10.2 Å². The second-order valence-corrected chi connectivity index (χ2v) is 7.46. The van der Waals surface area contributed by atoms with Gasteiger partial charge in [0.15, 0.2) is 6.10 Å². The third kappa shape index (κ3) is 4.75. The van der Waals surface area contributed by atoms with Crippen LogP contribution in [0, 0.1) is 11.8 Å². The van der Waals surface area contributed by atoms with E-state index in [-0.39, 0.29) is 30.2 Å². The minimum absolute atomic E-state index is 0.275. The number of methoxy groups -OCH3 is 1. The minimum Gasteiger partial charge on any atom is -0.497 e. The maximum Gasteiger partial charge on any atom is 0.326 e. The predicted octanol–water partition coefficient (Wildman–Crippen LogP) is 1.42. The first-order chi connectivity index (χ1) is 13.9. The summed E-state index contributed by atoms with van der Waals surface area (Å²) in [7, 11) is 1.57. The van der Waals surface area contributed by atoms with Crippen LogP contribution in [0.15, 0.2) is 24.3 Å². The van der Waals surface area contributed by atoms with Crippen molar-refractivity contribution in [3.8, 4) is 5.75 Å². The Labute approximate surface area is 169 Å². The number of hydrogen-bond acceptors (Lipinski definition) is 6.